The molecule has 7 nitrogen and oxygen atoms in total. The Hall–Kier alpha value is -3.06. The van der Waals surface area contributed by atoms with Gasteiger partial charge in [0.25, 0.3) is 0 Å². The van der Waals surface area contributed by atoms with Crippen LogP contribution in [0.5, 0.6) is 0 Å². The van der Waals surface area contributed by atoms with Crippen LogP contribution in [0.15, 0.2) is 60.7 Å². The van der Waals surface area contributed by atoms with Gasteiger partial charge in [0.2, 0.25) is 11.7 Å². The minimum Gasteiger partial charge on any atom is -0.395 e. The van der Waals surface area contributed by atoms with Crippen LogP contribution in [-0.2, 0) is 17.9 Å². The third kappa shape index (κ3) is 4.48. The molecule has 0 aliphatic rings. The summed E-state index contributed by atoms with van der Waals surface area (Å²) >= 11 is 0. The van der Waals surface area contributed by atoms with Gasteiger partial charge >= 0.3 is 0 Å². The topological polar surface area (TPSA) is 84.1 Å². The first-order valence-corrected chi connectivity index (χ1v) is 8.02. The highest BCUT2D eigenvalue weighted by atomic mass is 16.3. The Kier molecular flexibility index (Phi) is 5.48. The highest BCUT2D eigenvalue weighted by Gasteiger charge is 2.16. The summed E-state index contributed by atoms with van der Waals surface area (Å²) in [5.74, 6) is 0.306. The summed E-state index contributed by atoms with van der Waals surface area (Å²) in [5.41, 5.74) is 1.85. The predicted octanol–water partition coefficient (Wildman–Crippen LogP) is 1.36. The molecular formula is C18H19N5O2. The number of aliphatic hydroxyl groups excluding tert-OH is 1. The zero-order valence-corrected chi connectivity index (χ0v) is 13.7. The molecule has 1 amide bonds. The quantitative estimate of drug-likeness (QED) is 0.704. The van der Waals surface area contributed by atoms with Crippen molar-refractivity contribution in [2.24, 2.45) is 0 Å². The summed E-state index contributed by atoms with van der Waals surface area (Å²) in [7, 11) is 0. The summed E-state index contributed by atoms with van der Waals surface area (Å²) in [6, 6.07) is 19.1. The van der Waals surface area contributed by atoms with E-state index in [2.05, 4.69) is 15.4 Å². The van der Waals surface area contributed by atoms with Gasteiger partial charge in [0.15, 0.2) is 0 Å². The third-order valence-electron chi connectivity index (χ3n) is 3.70. The first-order chi connectivity index (χ1) is 12.3. The molecule has 128 valence electrons. The fourth-order valence-corrected chi connectivity index (χ4v) is 2.45. The van der Waals surface area contributed by atoms with Gasteiger partial charge in [-0.1, -0.05) is 60.7 Å². The van der Waals surface area contributed by atoms with E-state index < -0.39 is 0 Å². The van der Waals surface area contributed by atoms with Crippen LogP contribution in [0.25, 0.3) is 11.4 Å². The van der Waals surface area contributed by atoms with E-state index in [1.165, 1.54) is 4.80 Å². The molecule has 1 aromatic heterocycles. The average molecular weight is 337 g/mol. The maximum absolute atomic E-state index is 12.5. The standard InChI is InChI=1S/C18H19N5O2/c24-12-11-22(13-15-7-3-1-4-8-15)17(25)14-23-20-18(19-21-23)16-9-5-2-6-10-16/h1-10,24H,11-14H2. The van der Waals surface area contributed by atoms with Gasteiger partial charge in [-0.3, -0.25) is 4.79 Å². The number of tetrazole rings is 1. The molecule has 0 radical (unpaired) electrons. The second-order valence-electron chi connectivity index (χ2n) is 5.53. The molecule has 3 rings (SSSR count). The van der Waals surface area contributed by atoms with Gasteiger partial charge in [-0.2, -0.15) is 4.80 Å². The molecule has 0 unspecified atom stereocenters. The number of benzene rings is 2. The Morgan fingerprint density at radius 2 is 1.72 bits per heavy atom. The number of rotatable bonds is 7. The second-order valence-corrected chi connectivity index (χ2v) is 5.53. The van der Waals surface area contributed by atoms with Crippen LogP contribution in [0.1, 0.15) is 5.56 Å². The number of nitrogens with zero attached hydrogens (tertiary/aromatic N) is 5. The Labute approximate surface area is 145 Å². The van der Waals surface area contributed by atoms with Crippen molar-refractivity contribution in [2.75, 3.05) is 13.2 Å². The molecule has 0 atom stereocenters. The van der Waals surface area contributed by atoms with E-state index in [0.717, 1.165) is 11.1 Å². The monoisotopic (exact) mass is 337 g/mol. The smallest absolute Gasteiger partial charge is 0.246 e. The molecule has 1 heterocycles. The van der Waals surface area contributed by atoms with Crippen LogP contribution in [0, 0.1) is 0 Å². The highest BCUT2D eigenvalue weighted by Crippen LogP contribution is 2.12. The van der Waals surface area contributed by atoms with Crippen molar-refractivity contribution >= 4 is 5.91 Å². The fourth-order valence-electron chi connectivity index (χ4n) is 2.45. The van der Waals surface area contributed by atoms with E-state index in [4.69, 9.17) is 0 Å². The molecule has 0 spiro atoms. The molecular weight excluding hydrogens is 318 g/mol. The first kappa shape index (κ1) is 16.8. The average Bonchev–Trinajstić information content (AvgIpc) is 3.11. The van der Waals surface area contributed by atoms with E-state index >= 15 is 0 Å². The number of carbonyl (C=O) groups is 1. The highest BCUT2D eigenvalue weighted by molar-refractivity contribution is 5.75. The van der Waals surface area contributed by atoms with Gasteiger partial charge in [-0.15, -0.1) is 10.2 Å². The Balaban J connectivity index is 1.68. The normalized spacial score (nSPS) is 10.6. The number of amides is 1. The maximum Gasteiger partial charge on any atom is 0.246 e. The van der Waals surface area contributed by atoms with Crippen LogP contribution < -0.4 is 0 Å². The lowest BCUT2D eigenvalue weighted by Gasteiger charge is -2.21. The number of hydrogen-bond donors (Lipinski definition) is 1. The molecule has 7 heteroatoms. The van der Waals surface area contributed by atoms with E-state index in [9.17, 15) is 9.90 Å². The summed E-state index contributed by atoms with van der Waals surface area (Å²) in [5, 5.41) is 21.4. The molecule has 25 heavy (non-hydrogen) atoms. The van der Waals surface area contributed by atoms with Gasteiger partial charge in [-0.25, -0.2) is 0 Å². The minimum absolute atomic E-state index is 0.0212. The Bertz CT molecular complexity index is 805. The van der Waals surface area contributed by atoms with Crippen LogP contribution in [-0.4, -0.2) is 49.3 Å². The van der Waals surface area contributed by atoms with E-state index in [0.29, 0.717) is 12.4 Å². The van der Waals surface area contributed by atoms with E-state index in [1.807, 2.05) is 60.7 Å². The summed E-state index contributed by atoms with van der Waals surface area (Å²) < 4.78 is 0. The third-order valence-corrected chi connectivity index (χ3v) is 3.70. The maximum atomic E-state index is 12.5. The SMILES string of the molecule is O=C(Cn1nnc(-c2ccccc2)n1)N(CCO)Cc1ccccc1. The lowest BCUT2D eigenvalue weighted by Crippen LogP contribution is -2.36. The molecule has 0 fully saturated rings. The molecule has 2 aromatic carbocycles. The van der Waals surface area contributed by atoms with Gasteiger partial charge in [0.05, 0.1) is 6.61 Å². The van der Waals surface area contributed by atoms with E-state index in [1.54, 1.807) is 4.90 Å². The molecule has 0 saturated heterocycles. The van der Waals surface area contributed by atoms with Gasteiger partial charge < -0.3 is 10.0 Å². The van der Waals surface area contributed by atoms with E-state index in [-0.39, 0.29) is 25.6 Å². The van der Waals surface area contributed by atoms with Crippen molar-refractivity contribution < 1.29 is 9.90 Å². The van der Waals surface area contributed by atoms with Crippen LogP contribution in [0.4, 0.5) is 0 Å². The second kappa shape index (κ2) is 8.16. The Morgan fingerprint density at radius 3 is 2.40 bits per heavy atom. The lowest BCUT2D eigenvalue weighted by molar-refractivity contribution is -0.133. The van der Waals surface area contributed by atoms with Crippen molar-refractivity contribution in [3.05, 3.63) is 66.2 Å². The number of aliphatic hydroxyl groups is 1. The van der Waals surface area contributed by atoms with Crippen molar-refractivity contribution in [1.82, 2.24) is 25.1 Å². The van der Waals surface area contributed by atoms with Gasteiger partial charge in [-0.05, 0) is 10.8 Å². The molecule has 0 aliphatic carbocycles. The number of carbonyl (C=O) groups excluding carboxylic acids is 1. The minimum atomic E-state index is -0.171. The zero-order valence-electron chi connectivity index (χ0n) is 13.7. The molecule has 1 N–H and O–H groups in total. The zero-order chi connectivity index (χ0) is 17.5. The molecule has 0 bridgehead atoms. The van der Waals surface area contributed by atoms with Crippen LogP contribution in [0.2, 0.25) is 0 Å². The lowest BCUT2D eigenvalue weighted by atomic mass is 10.2. The van der Waals surface area contributed by atoms with Gasteiger partial charge in [0, 0.05) is 18.7 Å². The number of hydrogen-bond acceptors (Lipinski definition) is 5. The van der Waals surface area contributed by atoms with Crippen molar-refractivity contribution in [3.63, 3.8) is 0 Å². The molecule has 3 aromatic rings. The Morgan fingerprint density at radius 1 is 1.04 bits per heavy atom. The van der Waals surface area contributed by atoms with Gasteiger partial charge in [0.1, 0.15) is 6.54 Å². The van der Waals surface area contributed by atoms with Crippen LogP contribution >= 0.6 is 0 Å². The largest absolute Gasteiger partial charge is 0.395 e. The summed E-state index contributed by atoms with van der Waals surface area (Å²) in [4.78, 5) is 15.4. The first-order valence-electron chi connectivity index (χ1n) is 8.02. The van der Waals surface area contributed by atoms with Crippen molar-refractivity contribution in [1.29, 1.82) is 0 Å². The predicted molar refractivity (Wildman–Crippen MR) is 92.2 cm³/mol. The fraction of sp³-hybridized carbons (Fsp3) is 0.222. The van der Waals surface area contributed by atoms with Crippen LogP contribution in [0.3, 0.4) is 0 Å². The summed E-state index contributed by atoms with van der Waals surface area (Å²) in [6.07, 6.45) is 0. The van der Waals surface area contributed by atoms with Crippen molar-refractivity contribution in [2.45, 2.75) is 13.1 Å². The number of aromatic nitrogens is 4. The molecule has 0 saturated carbocycles. The molecule has 0 aliphatic heterocycles. The summed E-state index contributed by atoms with van der Waals surface area (Å²) in [6.45, 7) is 0.569. The van der Waals surface area contributed by atoms with Crippen molar-refractivity contribution in [3.8, 4) is 11.4 Å².